The molecular weight excluding hydrogens is 544 g/mol. The van der Waals surface area contributed by atoms with E-state index in [1.165, 1.54) is 0 Å². The molecule has 2 aliphatic heterocycles. The third-order valence-electron chi connectivity index (χ3n) is 8.21. The third-order valence-corrected chi connectivity index (χ3v) is 8.21. The fraction of sp³-hybridized carbons (Fsp3) is 0.424. The van der Waals surface area contributed by atoms with Crippen molar-refractivity contribution in [3.05, 3.63) is 78.1 Å². The Balaban J connectivity index is 0.964. The second kappa shape index (κ2) is 15.0. The van der Waals surface area contributed by atoms with Crippen molar-refractivity contribution in [2.75, 3.05) is 64.2 Å². The Labute approximate surface area is 253 Å². The molecule has 0 saturated carbocycles. The Hall–Kier alpha value is -3.99. The molecule has 2 fully saturated rings. The van der Waals surface area contributed by atoms with Crippen LogP contribution in [0.4, 0.5) is 10.5 Å². The quantitative estimate of drug-likeness (QED) is 0.231. The first-order valence-electron chi connectivity index (χ1n) is 15.2. The van der Waals surface area contributed by atoms with E-state index < -0.39 is 6.09 Å². The molecule has 0 bridgehead atoms. The number of hydrogen-bond donors (Lipinski definition) is 3. The number of ether oxygens (including phenoxy) is 1. The molecule has 2 aliphatic rings. The Morgan fingerprint density at radius 3 is 2.33 bits per heavy atom. The number of para-hydroxylation sites is 1. The van der Waals surface area contributed by atoms with Gasteiger partial charge in [-0.1, -0.05) is 48.5 Å². The lowest BCUT2D eigenvalue weighted by molar-refractivity contribution is -0.130. The second-order valence-electron chi connectivity index (χ2n) is 11.3. The van der Waals surface area contributed by atoms with Crippen molar-refractivity contribution in [3.63, 3.8) is 0 Å². The monoisotopic (exact) mass is 586 g/mol. The topological polar surface area (TPSA) is 110 Å². The number of aromatic amines is 1. The molecule has 2 saturated heterocycles. The number of nitrogens with one attached hydrogen (secondary N) is 3. The maximum absolute atomic E-state index is 12.7. The van der Waals surface area contributed by atoms with E-state index in [0.717, 1.165) is 87.7 Å². The minimum Gasteiger partial charge on any atom is -0.446 e. The first-order chi connectivity index (χ1) is 20.9. The molecule has 3 aromatic rings. The van der Waals surface area contributed by atoms with E-state index >= 15 is 0 Å². The maximum atomic E-state index is 12.7. The van der Waals surface area contributed by atoms with Crippen LogP contribution in [-0.4, -0.2) is 102 Å². The molecule has 43 heavy (non-hydrogen) atoms. The van der Waals surface area contributed by atoms with Gasteiger partial charge >= 0.3 is 6.09 Å². The van der Waals surface area contributed by atoms with E-state index in [0.29, 0.717) is 12.2 Å². The molecule has 2 amide bonds. The smallest absolute Gasteiger partial charge is 0.411 e. The summed E-state index contributed by atoms with van der Waals surface area (Å²) in [5.41, 5.74) is 4.36. The molecule has 0 atom stereocenters. The van der Waals surface area contributed by atoms with Gasteiger partial charge in [-0.05, 0) is 36.6 Å². The zero-order chi connectivity index (χ0) is 30.0. The van der Waals surface area contributed by atoms with Crippen LogP contribution in [0.25, 0.3) is 11.1 Å². The number of benzene rings is 2. The van der Waals surface area contributed by atoms with Gasteiger partial charge < -0.3 is 24.8 Å². The fourth-order valence-electron chi connectivity index (χ4n) is 5.69. The molecule has 5 rings (SSSR count). The number of piperazine rings is 1. The highest BCUT2D eigenvalue weighted by Gasteiger charge is 2.23. The van der Waals surface area contributed by atoms with Crippen LogP contribution in [0.1, 0.15) is 35.9 Å². The Bertz CT molecular complexity index is 1360. The van der Waals surface area contributed by atoms with E-state index in [-0.39, 0.29) is 24.3 Å². The zero-order valence-electron chi connectivity index (χ0n) is 24.9. The number of carbonyl (C=O) groups is 3. The average molecular weight is 587 g/mol. The van der Waals surface area contributed by atoms with Crippen LogP contribution >= 0.6 is 0 Å². The number of amides is 2. The molecule has 3 N–H and O–H groups in total. The highest BCUT2D eigenvalue weighted by Crippen LogP contribution is 2.28. The molecule has 1 aromatic heterocycles. The first-order valence-corrected chi connectivity index (χ1v) is 15.2. The minimum absolute atomic E-state index is 0.0413. The number of ketones is 1. The lowest BCUT2D eigenvalue weighted by Gasteiger charge is -2.33. The van der Waals surface area contributed by atoms with Crippen molar-refractivity contribution in [1.29, 1.82) is 0 Å². The number of anilines is 1. The van der Waals surface area contributed by atoms with Crippen molar-refractivity contribution in [3.8, 4) is 11.1 Å². The number of H-pyrrole nitrogens is 1. The third kappa shape index (κ3) is 8.76. The standard InChI is InChI=1S/C33H42N6O4/c1-25(40)39-21-19-38(20-22-39)24-27-11-12-31(35-27)32(41)23-34-15-18-37-16-13-28(14-17-37)43-33(42)36-30-10-6-5-9-29(30)26-7-3-2-4-8-26/h2-12,28,34-35H,13-24H2,1H3,(H,36,42). The van der Waals surface area contributed by atoms with Crippen molar-refractivity contribution < 1.29 is 19.1 Å². The Kier molecular flexibility index (Phi) is 10.6. The highest BCUT2D eigenvalue weighted by molar-refractivity contribution is 5.96. The van der Waals surface area contributed by atoms with Crippen LogP contribution in [-0.2, 0) is 16.1 Å². The number of aromatic nitrogens is 1. The summed E-state index contributed by atoms with van der Waals surface area (Å²) >= 11 is 0. The SMILES string of the molecule is CC(=O)N1CCN(Cc2ccc(C(=O)CNCCN3CCC(OC(=O)Nc4ccccc4-c4ccccc4)CC3)[nH]2)CC1. The molecule has 228 valence electrons. The number of piperidine rings is 1. The van der Waals surface area contributed by atoms with Gasteiger partial charge in [-0.25, -0.2) is 4.79 Å². The average Bonchev–Trinajstić information content (AvgIpc) is 3.49. The number of Topliss-reactive ketones (excluding diaryl/α,β-unsaturated/α-hetero) is 1. The molecule has 0 spiro atoms. The summed E-state index contributed by atoms with van der Waals surface area (Å²) < 4.78 is 5.75. The fourth-order valence-corrected chi connectivity index (χ4v) is 5.69. The van der Waals surface area contributed by atoms with Gasteiger partial charge in [0.2, 0.25) is 5.91 Å². The van der Waals surface area contributed by atoms with Gasteiger partial charge in [0.15, 0.2) is 5.78 Å². The molecule has 2 aromatic carbocycles. The van der Waals surface area contributed by atoms with Crippen LogP contribution < -0.4 is 10.6 Å². The number of rotatable bonds is 11. The predicted octanol–water partition coefficient (Wildman–Crippen LogP) is 3.83. The maximum Gasteiger partial charge on any atom is 0.411 e. The molecule has 3 heterocycles. The van der Waals surface area contributed by atoms with Gasteiger partial charge in [-0.15, -0.1) is 0 Å². The van der Waals surface area contributed by atoms with Crippen molar-refractivity contribution in [2.24, 2.45) is 0 Å². The van der Waals surface area contributed by atoms with Crippen molar-refractivity contribution >= 4 is 23.5 Å². The minimum atomic E-state index is -0.426. The molecule has 0 radical (unpaired) electrons. The van der Waals surface area contributed by atoms with Crippen LogP contribution in [0.15, 0.2) is 66.7 Å². The molecular formula is C33H42N6O4. The Morgan fingerprint density at radius 2 is 1.58 bits per heavy atom. The summed E-state index contributed by atoms with van der Waals surface area (Å²) in [5.74, 6) is 0.166. The van der Waals surface area contributed by atoms with Crippen LogP contribution in [0.3, 0.4) is 0 Å². The number of nitrogens with zero attached hydrogens (tertiary/aromatic N) is 3. The number of likely N-dealkylation sites (tertiary alicyclic amines) is 1. The normalized spacial score (nSPS) is 16.6. The van der Waals surface area contributed by atoms with Gasteiger partial charge in [-0.2, -0.15) is 0 Å². The van der Waals surface area contributed by atoms with Crippen LogP contribution in [0.5, 0.6) is 0 Å². The van der Waals surface area contributed by atoms with Gasteiger partial charge in [0.05, 0.1) is 17.9 Å². The lowest BCUT2D eigenvalue weighted by Crippen LogP contribution is -2.47. The molecule has 0 unspecified atom stereocenters. The summed E-state index contributed by atoms with van der Waals surface area (Å²) in [5, 5.41) is 6.20. The van der Waals surface area contributed by atoms with Gasteiger partial charge in [-0.3, -0.25) is 19.8 Å². The van der Waals surface area contributed by atoms with Crippen molar-refractivity contribution in [2.45, 2.75) is 32.4 Å². The largest absolute Gasteiger partial charge is 0.446 e. The zero-order valence-corrected chi connectivity index (χ0v) is 24.9. The van der Waals surface area contributed by atoms with E-state index in [2.05, 4.69) is 25.4 Å². The van der Waals surface area contributed by atoms with Crippen LogP contribution in [0, 0.1) is 0 Å². The summed E-state index contributed by atoms with van der Waals surface area (Å²) in [6, 6.07) is 21.5. The van der Waals surface area contributed by atoms with E-state index in [9.17, 15) is 14.4 Å². The van der Waals surface area contributed by atoms with Crippen molar-refractivity contribution in [1.82, 2.24) is 25.0 Å². The number of carbonyl (C=O) groups excluding carboxylic acids is 3. The summed E-state index contributed by atoms with van der Waals surface area (Å²) in [6.07, 6.45) is 1.02. The van der Waals surface area contributed by atoms with Gasteiger partial charge in [0.25, 0.3) is 0 Å². The van der Waals surface area contributed by atoms with Gasteiger partial charge in [0.1, 0.15) is 6.10 Å². The van der Waals surface area contributed by atoms with Gasteiger partial charge in [0, 0.05) is 77.1 Å². The first kappa shape index (κ1) is 30.5. The number of hydrogen-bond acceptors (Lipinski definition) is 7. The summed E-state index contributed by atoms with van der Waals surface area (Å²) in [7, 11) is 0. The predicted molar refractivity (Wildman–Crippen MR) is 167 cm³/mol. The second-order valence-corrected chi connectivity index (χ2v) is 11.3. The summed E-state index contributed by atoms with van der Waals surface area (Å²) in [4.78, 5) is 46.6. The highest BCUT2D eigenvalue weighted by atomic mass is 16.6. The van der Waals surface area contributed by atoms with E-state index in [1.807, 2.05) is 71.6 Å². The van der Waals surface area contributed by atoms with Crippen LogP contribution in [0.2, 0.25) is 0 Å². The van der Waals surface area contributed by atoms with E-state index in [4.69, 9.17) is 4.74 Å². The summed E-state index contributed by atoms with van der Waals surface area (Å²) in [6.45, 7) is 9.03. The molecule has 10 heteroatoms. The Morgan fingerprint density at radius 1 is 0.860 bits per heavy atom. The lowest BCUT2D eigenvalue weighted by atomic mass is 10.0. The molecule has 0 aliphatic carbocycles. The molecule has 10 nitrogen and oxygen atoms in total. The van der Waals surface area contributed by atoms with E-state index in [1.54, 1.807) is 6.92 Å².